The van der Waals surface area contributed by atoms with Gasteiger partial charge in [0.25, 0.3) is 0 Å². The molecule has 1 heterocycles. The van der Waals surface area contributed by atoms with Crippen LogP contribution >= 0.6 is 11.3 Å². The van der Waals surface area contributed by atoms with Crippen LogP contribution in [0.3, 0.4) is 0 Å². The number of nitrogens with zero attached hydrogens (tertiary/aromatic N) is 1. The van der Waals surface area contributed by atoms with Crippen molar-refractivity contribution in [3.05, 3.63) is 16.6 Å². The van der Waals surface area contributed by atoms with E-state index in [1.54, 1.807) is 11.3 Å². The summed E-state index contributed by atoms with van der Waals surface area (Å²) in [5.74, 6) is 0.883. The fourth-order valence-corrected chi connectivity index (χ4v) is 1.73. The SMILES string of the molecule is CC1CC1NCc1cscn1. The monoisotopic (exact) mass is 168 g/mol. The third kappa shape index (κ3) is 1.79. The number of thiazole rings is 1. The van der Waals surface area contributed by atoms with Crippen molar-refractivity contribution in [2.75, 3.05) is 0 Å². The molecule has 1 aromatic heterocycles. The van der Waals surface area contributed by atoms with Crippen molar-refractivity contribution in [2.45, 2.75) is 25.9 Å². The summed E-state index contributed by atoms with van der Waals surface area (Å²) in [6.07, 6.45) is 1.34. The molecule has 2 atom stereocenters. The molecule has 0 amide bonds. The van der Waals surface area contributed by atoms with Crippen molar-refractivity contribution in [3.63, 3.8) is 0 Å². The summed E-state index contributed by atoms with van der Waals surface area (Å²) in [5.41, 5.74) is 3.06. The first-order valence-electron chi connectivity index (χ1n) is 3.96. The molecule has 0 bridgehead atoms. The zero-order valence-electron chi connectivity index (χ0n) is 6.58. The molecule has 1 aliphatic rings. The summed E-state index contributed by atoms with van der Waals surface area (Å²) in [5, 5.41) is 5.55. The molecule has 0 spiro atoms. The van der Waals surface area contributed by atoms with Gasteiger partial charge >= 0.3 is 0 Å². The summed E-state index contributed by atoms with van der Waals surface area (Å²) in [4.78, 5) is 4.20. The Kier molecular flexibility index (Phi) is 1.92. The van der Waals surface area contributed by atoms with Crippen LogP contribution < -0.4 is 5.32 Å². The van der Waals surface area contributed by atoms with Crippen LogP contribution in [0, 0.1) is 5.92 Å². The van der Waals surface area contributed by atoms with Crippen LogP contribution in [0.2, 0.25) is 0 Å². The lowest BCUT2D eigenvalue weighted by molar-refractivity contribution is 0.644. The van der Waals surface area contributed by atoms with E-state index in [4.69, 9.17) is 0 Å². The Bertz CT molecular complexity index is 220. The average molecular weight is 168 g/mol. The normalized spacial score (nSPS) is 28.8. The Morgan fingerprint density at radius 1 is 1.82 bits per heavy atom. The lowest BCUT2D eigenvalue weighted by Crippen LogP contribution is -2.17. The standard InChI is InChI=1S/C8H12N2S/c1-6-2-8(6)9-3-7-4-11-5-10-7/h4-6,8-9H,2-3H2,1H3. The van der Waals surface area contributed by atoms with Crippen LogP contribution in [-0.2, 0) is 6.54 Å². The highest BCUT2D eigenvalue weighted by molar-refractivity contribution is 7.07. The molecule has 1 aliphatic carbocycles. The van der Waals surface area contributed by atoms with E-state index in [9.17, 15) is 0 Å². The predicted octanol–water partition coefficient (Wildman–Crippen LogP) is 1.64. The minimum Gasteiger partial charge on any atom is -0.308 e. The second-order valence-electron chi connectivity index (χ2n) is 3.18. The fourth-order valence-electron chi connectivity index (χ4n) is 1.17. The van der Waals surface area contributed by atoms with Crippen molar-refractivity contribution in [1.82, 2.24) is 10.3 Å². The quantitative estimate of drug-likeness (QED) is 0.742. The zero-order chi connectivity index (χ0) is 7.68. The Balaban J connectivity index is 1.75. The topological polar surface area (TPSA) is 24.9 Å². The van der Waals surface area contributed by atoms with Gasteiger partial charge in [-0.25, -0.2) is 4.98 Å². The molecule has 60 valence electrons. The van der Waals surface area contributed by atoms with E-state index in [2.05, 4.69) is 22.6 Å². The van der Waals surface area contributed by atoms with Crippen LogP contribution in [0.5, 0.6) is 0 Å². The van der Waals surface area contributed by atoms with E-state index in [0.29, 0.717) is 0 Å². The Morgan fingerprint density at radius 3 is 3.18 bits per heavy atom. The molecule has 1 fully saturated rings. The number of hydrogen-bond donors (Lipinski definition) is 1. The van der Waals surface area contributed by atoms with Crippen molar-refractivity contribution in [1.29, 1.82) is 0 Å². The first kappa shape index (κ1) is 7.25. The van der Waals surface area contributed by atoms with E-state index in [0.717, 1.165) is 18.5 Å². The van der Waals surface area contributed by atoms with Gasteiger partial charge in [0, 0.05) is 18.0 Å². The molecule has 1 N–H and O–H groups in total. The minimum atomic E-state index is 0.761. The molecule has 11 heavy (non-hydrogen) atoms. The summed E-state index contributed by atoms with van der Waals surface area (Å²) < 4.78 is 0. The second kappa shape index (κ2) is 2.91. The van der Waals surface area contributed by atoms with Gasteiger partial charge in [0.1, 0.15) is 0 Å². The van der Waals surface area contributed by atoms with Gasteiger partial charge in [-0.1, -0.05) is 6.92 Å². The highest BCUT2D eigenvalue weighted by Gasteiger charge is 2.31. The van der Waals surface area contributed by atoms with Crippen LogP contribution in [-0.4, -0.2) is 11.0 Å². The molecule has 0 aliphatic heterocycles. The number of nitrogens with one attached hydrogen (secondary N) is 1. The molecule has 0 saturated heterocycles. The summed E-state index contributed by atoms with van der Waals surface area (Å²) in [6, 6.07) is 0.761. The van der Waals surface area contributed by atoms with E-state index >= 15 is 0 Å². The fraction of sp³-hybridized carbons (Fsp3) is 0.625. The van der Waals surface area contributed by atoms with Crippen LogP contribution in [0.25, 0.3) is 0 Å². The van der Waals surface area contributed by atoms with Crippen molar-refractivity contribution >= 4 is 11.3 Å². The van der Waals surface area contributed by atoms with E-state index < -0.39 is 0 Å². The number of aromatic nitrogens is 1. The van der Waals surface area contributed by atoms with E-state index in [1.165, 1.54) is 12.1 Å². The van der Waals surface area contributed by atoms with Gasteiger partial charge in [0.15, 0.2) is 0 Å². The number of rotatable bonds is 3. The third-order valence-corrected chi connectivity index (χ3v) is 2.77. The molecular formula is C8H12N2S. The average Bonchev–Trinajstić information content (AvgIpc) is 2.55. The third-order valence-electron chi connectivity index (χ3n) is 2.14. The van der Waals surface area contributed by atoms with E-state index in [-0.39, 0.29) is 0 Å². The lowest BCUT2D eigenvalue weighted by atomic mass is 10.4. The summed E-state index contributed by atoms with van der Waals surface area (Å²) in [6.45, 7) is 3.22. The van der Waals surface area contributed by atoms with Crippen molar-refractivity contribution < 1.29 is 0 Å². The van der Waals surface area contributed by atoms with Crippen LogP contribution in [0.4, 0.5) is 0 Å². The lowest BCUT2D eigenvalue weighted by Gasteiger charge is -1.97. The van der Waals surface area contributed by atoms with Gasteiger partial charge < -0.3 is 5.32 Å². The molecule has 1 saturated carbocycles. The Hall–Kier alpha value is -0.410. The maximum Gasteiger partial charge on any atom is 0.0795 e. The van der Waals surface area contributed by atoms with E-state index in [1.807, 2.05) is 5.51 Å². The predicted molar refractivity (Wildman–Crippen MR) is 46.5 cm³/mol. The zero-order valence-corrected chi connectivity index (χ0v) is 7.40. The van der Waals surface area contributed by atoms with Gasteiger partial charge in [-0.2, -0.15) is 0 Å². The highest BCUT2D eigenvalue weighted by Crippen LogP contribution is 2.29. The van der Waals surface area contributed by atoms with Crippen molar-refractivity contribution in [3.8, 4) is 0 Å². The van der Waals surface area contributed by atoms with Crippen molar-refractivity contribution in [2.24, 2.45) is 5.92 Å². The summed E-state index contributed by atoms with van der Waals surface area (Å²) >= 11 is 1.66. The molecule has 2 rings (SSSR count). The molecule has 1 aromatic rings. The van der Waals surface area contributed by atoms with Gasteiger partial charge in [0.2, 0.25) is 0 Å². The Labute approximate surface area is 70.7 Å². The van der Waals surface area contributed by atoms with Gasteiger partial charge in [-0.15, -0.1) is 11.3 Å². The number of hydrogen-bond acceptors (Lipinski definition) is 3. The van der Waals surface area contributed by atoms with Crippen LogP contribution in [0.15, 0.2) is 10.9 Å². The maximum atomic E-state index is 4.20. The maximum absolute atomic E-state index is 4.20. The molecular weight excluding hydrogens is 156 g/mol. The first-order chi connectivity index (χ1) is 5.36. The molecule has 0 aromatic carbocycles. The van der Waals surface area contributed by atoms with Crippen LogP contribution in [0.1, 0.15) is 19.0 Å². The summed E-state index contributed by atoms with van der Waals surface area (Å²) in [7, 11) is 0. The van der Waals surface area contributed by atoms with Gasteiger partial charge in [-0.3, -0.25) is 0 Å². The highest BCUT2D eigenvalue weighted by atomic mass is 32.1. The van der Waals surface area contributed by atoms with Gasteiger partial charge in [-0.05, 0) is 12.3 Å². The smallest absolute Gasteiger partial charge is 0.0795 e. The molecule has 2 unspecified atom stereocenters. The molecule has 2 nitrogen and oxygen atoms in total. The molecule has 0 radical (unpaired) electrons. The first-order valence-corrected chi connectivity index (χ1v) is 4.91. The largest absolute Gasteiger partial charge is 0.308 e. The second-order valence-corrected chi connectivity index (χ2v) is 3.90. The molecule has 3 heteroatoms. The Morgan fingerprint density at radius 2 is 2.64 bits per heavy atom. The van der Waals surface area contributed by atoms with Gasteiger partial charge in [0.05, 0.1) is 11.2 Å². The minimum absolute atomic E-state index is 0.761.